The maximum Gasteiger partial charge on any atom is 0.377 e. The molecule has 0 amide bonds. The number of hydrogen-bond acceptors (Lipinski definition) is 5. The number of nitrogens with zero attached hydrogens (tertiary/aromatic N) is 2. The molecule has 0 aromatic carbocycles. The van der Waals surface area contributed by atoms with Gasteiger partial charge in [0.05, 0.1) is 6.04 Å². The van der Waals surface area contributed by atoms with Crippen molar-refractivity contribution in [3.05, 3.63) is 11.7 Å². The van der Waals surface area contributed by atoms with Crippen molar-refractivity contribution in [2.45, 2.75) is 25.8 Å². The van der Waals surface area contributed by atoms with Crippen molar-refractivity contribution in [3.8, 4) is 0 Å². The molecule has 82 valence electrons. The molecule has 15 heavy (non-hydrogen) atoms. The maximum absolute atomic E-state index is 10.6. The van der Waals surface area contributed by atoms with E-state index in [9.17, 15) is 4.79 Å². The zero-order valence-corrected chi connectivity index (χ0v) is 8.43. The summed E-state index contributed by atoms with van der Waals surface area (Å²) in [7, 11) is 0. The van der Waals surface area contributed by atoms with E-state index in [4.69, 9.17) is 9.63 Å². The lowest BCUT2D eigenvalue weighted by Crippen LogP contribution is -2.31. The highest BCUT2D eigenvalue weighted by atomic mass is 16.5. The molecule has 0 spiro atoms. The van der Waals surface area contributed by atoms with Crippen LogP contribution in [0.1, 0.15) is 42.3 Å². The molecule has 2 unspecified atom stereocenters. The third-order valence-corrected chi connectivity index (χ3v) is 2.60. The van der Waals surface area contributed by atoms with Gasteiger partial charge >= 0.3 is 5.97 Å². The Morgan fingerprint density at radius 1 is 1.67 bits per heavy atom. The average molecular weight is 211 g/mol. The predicted molar refractivity (Wildman–Crippen MR) is 50.4 cm³/mol. The van der Waals surface area contributed by atoms with E-state index in [-0.39, 0.29) is 11.9 Å². The van der Waals surface area contributed by atoms with Crippen LogP contribution in [0.2, 0.25) is 0 Å². The summed E-state index contributed by atoms with van der Waals surface area (Å²) in [4.78, 5) is 14.4. The molecule has 0 bridgehead atoms. The van der Waals surface area contributed by atoms with E-state index >= 15 is 0 Å². The minimum atomic E-state index is -1.16. The van der Waals surface area contributed by atoms with Crippen molar-refractivity contribution >= 4 is 5.97 Å². The molecule has 2 rings (SSSR count). The molecule has 1 fully saturated rings. The van der Waals surface area contributed by atoms with Gasteiger partial charge in [-0.25, -0.2) is 4.79 Å². The molecule has 0 radical (unpaired) electrons. The van der Waals surface area contributed by atoms with Crippen molar-refractivity contribution in [1.29, 1.82) is 0 Å². The molecule has 2 N–H and O–H groups in total. The second kappa shape index (κ2) is 3.98. The largest absolute Gasteiger partial charge is 0.475 e. The number of hydrogen-bond donors (Lipinski definition) is 2. The van der Waals surface area contributed by atoms with Crippen LogP contribution in [-0.4, -0.2) is 27.8 Å². The second-order valence-electron chi connectivity index (χ2n) is 3.90. The summed E-state index contributed by atoms with van der Waals surface area (Å²) in [6.45, 7) is 3.05. The Morgan fingerprint density at radius 3 is 3.07 bits per heavy atom. The van der Waals surface area contributed by atoms with Gasteiger partial charge in [-0.05, 0) is 30.5 Å². The number of aromatic nitrogens is 2. The number of rotatable bonds is 2. The molecule has 1 aromatic rings. The Bertz CT molecular complexity index is 363. The monoisotopic (exact) mass is 211 g/mol. The van der Waals surface area contributed by atoms with E-state index in [0.29, 0.717) is 11.8 Å². The van der Waals surface area contributed by atoms with Crippen molar-refractivity contribution in [1.82, 2.24) is 15.5 Å². The number of piperidine rings is 1. The number of carboxylic acids is 1. The SMILES string of the molecule is CC1CCNC(c2nc(C(=O)O)no2)C1. The average Bonchev–Trinajstić information content (AvgIpc) is 2.66. The van der Waals surface area contributed by atoms with Gasteiger partial charge in [-0.15, -0.1) is 0 Å². The van der Waals surface area contributed by atoms with Crippen LogP contribution in [0, 0.1) is 5.92 Å². The van der Waals surface area contributed by atoms with Crippen LogP contribution < -0.4 is 5.32 Å². The highest BCUT2D eigenvalue weighted by molar-refractivity contribution is 5.82. The highest BCUT2D eigenvalue weighted by Crippen LogP contribution is 2.25. The molecular formula is C9H13N3O3. The highest BCUT2D eigenvalue weighted by Gasteiger charge is 2.25. The maximum atomic E-state index is 10.6. The first-order valence-electron chi connectivity index (χ1n) is 4.97. The first-order valence-corrected chi connectivity index (χ1v) is 4.97. The van der Waals surface area contributed by atoms with Gasteiger partial charge in [0.15, 0.2) is 0 Å². The van der Waals surface area contributed by atoms with Gasteiger partial charge in [-0.2, -0.15) is 4.98 Å². The van der Waals surface area contributed by atoms with Gasteiger partial charge in [0.2, 0.25) is 5.89 Å². The van der Waals surface area contributed by atoms with Crippen LogP contribution >= 0.6 is 0 Å². The lowest BCUT2D eigenvalue weighted by molar-refractivity contribution is 0.0680. The van der Waals surface area contributed by atoms with Crippen molar-refractivity contribution < 1.29 is 14.4 Å². The van der Waals surface area contributed by atoms with Crippen LogP contribution in [0.3, 0.4) is 0 Å². The summed E-state index contributed by atoms with van der Waals surface area (Å²) in [6.07, 6.45) is 2.03. The number of carboxylic acid groups (broad SMARTS) is 1. The predicted octanol–water partition coefficient (Wildman–Crippen LogP) is 0.828. The Balaban J connectivity index is 2.11. The van der Waals surface area contributed by atoms with Crippen LogP contribution in [0.25, 0.3) is 0 Å². The molecular weight excluding hydrogens is 198 g/mol. The van der Waals surface area contributed by atoms with E-state index in [2.05, 4.69) is 22.4 Å². The Labute approximate surface area is 86.7 Å². The summed E-state index contributed by atoms with van der Waals surface area (Å²) < 4.78 is 4.91. The summed E-state index contributed by atoms with van der Waals surface area (Å²) >= 11 is 0. The number of aromatic carboxylic acids is 1. The fourth-order valence-electron chi connectivity index (χ4n) is 1.76. The summed E-state index contributed by atoms with van der Waals surface area (Å²) in [5, 5.41) is 15.3. The third-order valence-electron chi connectivity index (χ3n) is 2.60. The molecule has 1 aliphatic rings. The molecule has 1 saturated heterocycles. The fourth-order valence-corrected chi connectivity index (χ4v) is 1.76. The first kappa shape index (κ1) is 10.1. The topological polar surface area (TPSA) is 88.2 Å². The molecule has 1 aliphatic heterocycles. The quantitative estimate of drug-likeness (QED) is 0.753. The number of carbonyl (C=O) groups is 1. The molecule has 0 saturated carbocycles. The second-order valence-corrected chi connectivity index (χ2v) is 3.90. The van der Waals surface area contributed by atoms with E-state index in [1.807, 2.05) is 0 Å². The van der Waals surface area contributed by atoms with E-state index in [1.54, 1.807) is 0 Å². The van der Waals surface area contributed by atoms with Crippen LogP contribution in [0.5, 0.6) is 0 Å². The fraction of sp³-hybridized carbons (Fsp3) is 0.667. The first-order chi connectivity index (χ1) is 7.16. The standard InChI is InChI=1S/C9H13N3O3/c1-5-2-3-10-6(4-5)8-11-7(9(13)14)12-15-8/h5-6,10H,2-4H2,1H3,(H,13,14). The molecule has 2 atom stereocenters. The minimum Gasteiger partial charge on any atom is -0.475 e. The molecule has 6 heteroatoms. The molecule has 1 aromatic heterocycles. The van der Waals surface area contributed by atoms with Crippen LogP contribution in [-0.2, 0) is 0 Å². The van der Waals surface area contributed by atoms with Gasteiger partial charge in [-0.3, -0.25) is 0 Å². The minimum absolute atomic E-state index is 0.00523. The van der Waals surface area contributed by atoms with Crippen LogP contribution in [0.4, 0.5) is 0 Å². The van der Waals surface area contributed by atoms with Gasteiger partial charge in [0.25, 0.3) is 5.82 Å². The zero-order valence-electron chi connectivity index (χ0n) is 8.43. The van der Waals surface area contributed by atoms with Crippen molar-refractivity contribution in [2.24, 2.45) is 5.92 Å². The summed E-state index contributed by atoms with van der Waals surface area (Å²) in [6, 6.07) is -0.00523. The third kappa shape index (κ3) is 2.15. The van der Waals surface area contributed by atoms with Gasteiger partial charge in [0, 0.05) is 0 Å². The van der Waals surface area contributed by atoms with Gasteiger partial charge in [-0.1, -0.05) is 6.92 Å². The molecule has 6 nitrogen and oxygen atoms in total. The van der Waals surface area contributed by atoms with Gasteiger partial charge < -0.3 is 14.9 Å². The Kier molecular flexibility index (Phi) is 2.68. The Morgan fingerprint density at radius 2 is 2.47 bits per heavy atom. The summed E-state index contributed by atoms with van der Waals surface area (Å²) in [5.41, 5.74) is 0. The zero-order chi connectivity index (χ0) is 10.8. The smallest absolute Gasteiger partial charge is 0.377 e. The number of nitrogens with one attached hydrogen (secondary N) is 1. The lowest BCUT2D eigenvalue weighted by Gasteiger charge is -2.25. The molecule has 0 aliphatic carbocycles. The normalized spacial score (nSPS) is 26.5. The molecule has 2 heterocycles. The lowest BCUT2D eigenvalue weighted by atomic mass is 9.94. The van der Waals surface area contributed by atoms with E-state index < -0.39 is 5.97 Å². The van der Waals surface area contributed by atoms with Gasteiger partial charge in [0.1, 0.15) is 0 Å². The van der Waals surface area contributed by atoms with Crippen LogP contribution in [0.15, 0.2) is 4.52 Å². The van der Waals surface area contributed by atoms with Crippen molar-refractivity contribution in [2.75, 3.05) is 6.54 Å². The van der Waals surface area contributed by atoms with Crippen molar-refractivity contribution in [3.63, 3.8) is 0 Å². The van der Waals surface area contributed by atoms with E-state index in [0.717, 1.165) is 19.4 Å². The Hall–Kier alpha value is -1.43. The van der Waals surface area contributed by atoms with E-state index in [1.165, 1.54) is 0 Å². The summed E-state index contributed by atoms with van der Waals surface area (Å²) in [5.74, 6) is -0.464.